The lowest BCUT2D eigenvalue weighted by Crippen LogP contribution is -2.07. The Balaban J connectivity index is 2.13. The van der Waals surface area contributed by atoms with E-state index < -0.39 is 0 Å². The van der Waals surface area contributed by atoms with Crippen LogP contribution in [0.1, 0.15) is 11.1 Å². The smallest absolute Gasteiger partial charge is 0.198 e. The molecule has 3 aromatic rings. The first-order valence-corrected chi connectivity index (χ1v) is 6.67. The van der Waals surface area contributed by atoms with Crippen molar-refractivity contribution in [2.24, 2.45) is 0 Å². The molecule has 1 heterocycles. The molecule has 0 spiro atoms. The van der Waals surface area contributed by atoms with Gasteiger partial charge in [0.2, 0.25) is 0 Å². The molecule has 2 aromatic carbocycles. The summed E-state index contributed by atoms with van der Waals surface area (Å²) in [6, 6.07) is 17.1. The van der Waals surface area contributed by atoms with Crippen molar-refractivity contribution >= 4 is 34.7 Å². The highest BCUT2D eigenvalue weighted by molar-refractivity contribution is 6.31. The van der Waals surface area contributed by atoms with E-state index in [9.17, 15) is 4.79 Å². The maximum Gasteiger partial charge on any atom is 0.198 e. The molecular formula is C17H12ClNO. The quantitative estimate of drug-likeness (QED) is 0.696. The molecule has 0 atom stereocenters. The molecule has 0 bridgehead atoms. The molecule has 0 aliphatic carbocycles. The van der Waals surface area contributed by atoms with E-state index in [2.05, 4.69) is 4.98 Å². The van der Waals surface area contributed by atoms with Gasteiger partial charge in [0.15, 0.2) is 5.43 Å². The van der Waals surface area contributed by atoms with Crippen LogP contribution in [0.15, 0.2) is 59.4 Å². The van der Waals surface area contributed by atoms with Crippen LogP contribution in [-0.4, -0.2) is 4.98 Å². The standard InChI is InChI=1S/C17H12ClNO/c18-17-14(11-10-12-6-2-1-3-7-12)16(20)13-8-4-5-9-15(13)19-17/h1-11H,(H,19,20)/b11-10+. The lowest BCUT2D eigenvalue weighted by molar-refractivity contribution is 1.37. The molecule has 2 nitrogen and oxygen atoms in total. The van der Waals surface area contributed by atoms with Crippen LogP contribution in [0.5, 0.6) is 0 Å². The fraction of sp³-hybridized carbons (Fsp3) is 0. The van der Waals surface area contributed by atoms with E-state index in [1.54, 1.807) is 12.1 Å². The Morgan fingerprint density at radius 1 is 0.900 bits per heavy atom. The number of pyridine rings is 1. The summed E-state index contributed by atoms with van der Waals surface area (Å²) in [5, 5.41) is 1.01. The molecule has 1 aromatic heterocycles. The van der Waals surface area contributed by atoms with Crippen LogP contribution in [0.2, 0.25) is 5.15 Å². The number of hydrogen-bond donors (Lipinski definition) is 1. The van der Waals surface area contributed by atoms with Crippen LogP contribution in [0.25, 0.3) is 23.1 Å². The second kappa shape index (κ2) is 5.35. The number of hydrogen-bond acceptors (Lipinski definition) is 1. The average molecular weight is 282 g/mol. The Labute approximate surface area is 121 Å². The largest absolute Gasteiger partial charge is 0.345 e. The van der Waals surface area contributed by atoms with Gasteiger partial charge < -0.3 is 4.98 Å². The zero-order chi connectivity index (χ0) is 13.9. The van der Waals surface area contributed by atoms with Gasteiger partial charge in [-0.15, -0.1) is 0 Å². The molecule has 20 heavy (non-hydrogen) atoms. The fourth-order valence-electron chi connectivity index (χ4n) is 2.11. The number of H-pyrrole nitrogens is 1. The highest BCUT2D eigenvalue weighted by Gasteiger charge is 2.07. The minimum Gasteiger partial charge on any atom is -0.345 e. The molecule has 0 aliphatic heterocycles. The maximum absolute atomic E-state index is 12.4. The number of benzene rings is 2. The minimum absolute atomic E-state index is 0.0588. The Morgan fingerprint density at radius 3 is 2.40 bits per heavy atom. The summed E-state index contributed by atoms with van der Waals surface area (Å²) in [5.74, 6) is 0. The number of aromatic amines is 1. The van der Waals surface area contributed by atoms with E-state index in [-0.39, 0.29) is 5.43 Å². The van der Waals surface area contributed by atoms with Gasteiger partial charge in [-0.1, -0.05) is 60.1 Å². The van der Waals surface area contributed by atoms with Crippen molar-refractivity contribution in [3.63, 3.8) is 0 Å². The third kappa shape index (κ3) is 2.38. The molecule has 0 fully saturated rings. The third-order valence-electron chi connectivity index (χ3n) is 3.14. The number of rotatable bonds is 2. The number of fused-ring (bicyclic) bond motifs is 1. The van der Waals surface area contributed by atoms with E-state index >= 15 is 0 Å². The summed E-state index contributed by atoms with van der Waals surface area (Å²) in [6.07, 6.45) is 3.63. The Kier molecular flexibility index (Phi) is 3.40. The summed E-state index contributed by atoms with van der Waals surface area (Å²) in [6.45, 7) is 0. The van der Waals surface area contributed by atoms with Gasteiger partial charge in [-0.3, -0.25) is 4.79 Å². The maximum atomic E-state index is 12.4. The van der Waals surface area contributed by atoms with Gasteiger partial charge >= 0.3 is 0 Å². The predicted octanol–water partition coefficient (Wildman–Crippen LogP) is 4.35. The first-order valence-electron chi connectivity index (χ1n) is 6.29. The van der Waals surface area contributed by atoms with Gasteiger partial charge in [0, 0.05) is 5.39 Å². The molecule has 3 rings (SSSR count). The minimum atomic E-state index is -0.0588. The van der Waals surface area contributed by atoms with Crippen molar-refractivity contribution in [2.75, 3.05) is 0 Å². The average Bonchev–Trinajstić information content (AvgIpc) is 2.48. The normalized spacial score (nSPS) is 11.2. The van der Waals surface area contributed by atoms with Crippen molar-refractivity contribution < 1.29 is 0 Å². The second-order valence-corrected chi connectivity index (χ2v) is 4.85. The van der Waals surface area contributed by atoms with Crippen molar-refractivity contribution in [1.29, 1.82) is 0 Å². The van der Waals surface area contributed by atoms with E-state index in [1.165, 1.54) is 0 Å². The van der Waals surface area contributed by atoms with Gasteiger partial charge in [0.1, 0.15) is 5.15 Å². The molecule has 1 N–H and O–H groups in total. The van der Waals surface area contributed by atoms with Crippen molar-refractivity contribution in [3.05, 3.63) is 81.1 Å². The van der Waals surface area contributed by atoms with Crippen LogP contribution in [0.3, 0.4) is 0 Å². The molecule has 0 saturated heterocycles. The van der Waals surface area contributed by atoms with Crippen molar-refractivity contribution in [2.45, 2.75) is 0 Å². The van der Waals surface area contributed by atoms with Crippen LogP contribution in [0.4, 0.5) is 0 Å². The van der Waals surface area contributed by atoms with Gasteiger partial charge in [-0.05, 0) is 23.8 Å². The lowest BCUT2D eigenvalue weighted by Gasteiger charge is -2.02. The highest BCUT2D eigenvalue weighted by Crippen LogP contribution is 2.17. The van der Waals surface area contributed by atoms with Gasteiger partial charge in [0.05, 0.1) is 11.1 Å². The van der Waals surface area contributed by atoms with E-state index in [1.807, 2.05) is 54.6 Å². The number of aromatic nitrogens is 1. The zero-order valence-corrected chi connectivity index (χ0v) is 11.4. The van der Waals surface area contributed by atoms with Crippen LogP contribution in [0, 0.1) is 0 Å². The van der Waals surface area contributed by atoms with Crippen LogP contribution >= 0.6 is 11.6 Å². The summed E-state index contributed by atoms with van der Waals surface area (Å²) < 4.78 is 0. The fourth-order valence-corrected chi connectivity index (χ4v) is 2.36. The molecular weight excluding hydrogens is 270 g/mol. The number of nitrogens with one attached hydrogen (secondary N) is 1. The SMILES string of the molecule is O=c1c(/C=C/c2ccccc2)c(Cl)[nH]c2ccccc12. The topological polar surface area (TPSA) is 32.9 Å². The summed E-state index contributed by atoms with van der Waals surface area (Å²) in [5.41, 5.74) is 2.20. The van der Waals surface area contributed by atoms with Gasteiger partial charge in [0.25, 0.3) is 0 Å². The third-order valence-corrected chi connectivity index (χ3v) is 3.44. The highest BCUT2D eigenvalue weighted by atomic mass is 35.5. The van der Waals surface area contributed by atoms with Crippen molar-refractivity contribution in [1.82, 2.24) is 4.98 Å². The Morgan fingerprint density at radius 2 is 1.60 bits per heavy atom. The van der Waals surface area contributed by atoms with Crippen molar-refractivity contribution in [3.8, 4) is 0 Å². The zero-order valence-electron chi connectivity index (χ0n) is 10.6. The van der Waals surface area contributed by atoms with E-state index in [4.69, 9.17) is 11.6 Å². The van der Waals surface area contributed by atoms with Gasteiger partial charge in [-0.2, -0.15) is 0 Å². The van der Waals surface area contributed by atoms with Gasteiger partial charge in [-0.25, -0.2) is 0 Å². The monoisotopic (exact) mass is 281 g/mol. The predicted molar refractivity (Wildman–Crippen MR) is 84.9 cm³/mol. The van der Waals surface area contributed by atoms with Crippen LogP contribution < -0.4 is 5.43 Å². The molecule has 0 amide bonds. The molecule has 0 unspecified atom stereocenters. The molecule has 0 aliphatic rings. The number of para-hydroxylation sites is 1. The van der Waals surface area contributed by atoms with E-state index in [0.717, 1.165) is 11.1 Å². The van der Waals surface area contributed by atoms with E-state index in [0.29, 0.717) is 16.1 Å². The summed E-state index contributed by atoms with van der Waals surface area (Å²) >= 11 is 6.17. The van der Waals surface area contributed by atoms with Crippen LogP contribution in [-0.2, 0) is 0 Å². The second-order valence-electron chi connectivity index (χ2n) is 4.47. The molecule has 98 valence electrons. The Hall–Kier alpha value is -2.32. The first-order chi connectivity index (χ1) is 9.75. The molecule has 0 radical (unpaired) electrons. The molecule has 3 heteroatoms. The summed E-state index contributed by atoms with van der Waals surface area (Å²) in [4.78, 5) is 15.5. The Bertz CT molecular complexity index is 834. The first kappa shape index (κ1) is 12.7. The molecule has 0 saturated carbocycles. The number of halogens is 1. The summed E-state index contributed by atoms with van der Waals surface area (Å²) in [7, 11) is 0. The lowest BCUT2D eigenvalue weighted by atomic mass is 10.1.